The monoisotopic (exact) mass is 227 g/mol. The minimum atomic E-state index is 0. The molecule has 0 aliphatic carbocycles. The van der Waals surface area contributed by atoms with Gasteiger partial charge in [-0.05, 0) is 37.8 Å². The molecule has 0 radical (unpaired) electrons. The number of carbonyl (C=O) groups is 1. The predicted molar refractivity (Wildman–Crippen MR) is 66.3 cm³/mol. The molecule has 0 aliphatic heterocycles. The first kappa shape index (κ1) is 14.0. The van der Waals surface area contributed by atoms with Gasteiger partial charge in [0.1, 0.15) is 5.78 Å². The highest BCUT2D eigenvalue weighted by Gasteiger charge is 1.98. The molecular weight excluding hydrogens is 210 g/mol. The van der Waals surface area contributed by atoms with Crippen molar-refractivity contribution in [3.63, 3.8) is 0 Å². The second kappa shape index (κ2) is 7.30. The minimum absolute atomic E-state index is 0. The first-order valence-electron chi connectivity index (χ1n) is 5.03. The predicted octanol–water partition coefficient (Wildman–Crippen LogP) is 2.99. The van der Waals surface area contributed by atoms with Crippen molar-refractivity contribution in [3.8, 4) is 0 Å². The maximum absolute atomic E-state index is 10.7. The highest BCUT2D eigenvalue weighted by atomic mass is 35.5. The van der Waals surface area contributed by atoms with Crippen LogP contribution in [0.2, 0.25) is 0 Å². The molecule has 0 amide bonds. The fourth-order valence-corrected chi connectivity index (χ4v) is 1.45. The average Bonchev–Trinajstić information content (AvgIpc) is 2.15. The van der Waals surface area contributed by atoms with Gasteiger partial charge in [0, 0.05) is 12.1 Å². The number of halogens is 1. The molecule has 0 aromatic heterocycles. The molecule has 0 saturated carbocycles. The number of unbranched alkanes of at least 4 members (excludes halogenated alkanes) is 1. The molecular formula is C12H18ClNO. The lowest BCUT2D eigenvalue weighted by atomic mass is 10.0. The lowest BCUT2D eigenvalue weighted by Crippen LogP contribution is -1.95. The highest BCUT2D eigenvalue weighted by Crippen LogP contribution is 2.14. The van der Waals surface area contributed by atoms with Crippen molar-refractivity contribution in [2.75, 3.05) is 5.73 Å². The summed E-state index contributed by atoms with van der Waals surface area (Å²) >= 11 is 0. The number of nitrogen functional groups attached to an aromatic ring is 1. The van der Waals surface area contributed by atoms with E-state index in [1.807, 2.05) is 24.3 Å². The van der Waals surface area contributed by atoms with Gasteiger partial charge in [0.05, 0.1) is 0 Å². The topological polar surface area (TPSA) is 43.1 Å². The molecule has 3 heteroatoms. The maximum atomic E-state index is 10.7. The summed E-state index contributed by atoms with van der Waals surface area (Å²) in [6.07, 6.45) is 3.66. The van der Waals surface area contributed by atoms with E-state index in [4.69, 9.17) is 5.73 Å². The number of ketones is 1. The SMILES string of the molecule is CC(=O)CCCCc1ccccc1N.Cl. The third-order valence-corrected chi connectivity index (χ3v) is 2.28. The quantitative estimate of drug-likeness (QED) is 0.621. The maximum Gasteiger partial charge on any atom is 0.129 e. The zero-order valence-corrected chi connectivity index (χ0v) is 9.85. The van der Waals surface area contributed by atoms with E-state index >= 15 is 0 Å². The smallest absolute Gasteiger partial charge is 0.129 e. The first-order valence-corrected chi connectivity index (χ1v) is 5.03. The van der Waals surface area contributed by atoms with Crippen LogP contribution in [0.5, 0.6) is 0 Å². The van der Waals surface area contributed by atoms with Crippen molar-refractivity contribution in [1.29, 1.82) is 0 Å². The van der Waals surface area contributed by atoms with Gasteiger partial charge in [-0.15, -0.1) is 12.4 Å². The van der Waals surface area contributed by atoms with Gasteiger partial charge < -0.3 is 10.5 Å². The number of aryl methyl sites for hydroxylation is 1. The largest absolute Gasteiger partial charge is 0.399 e. The Labute approximate surface area is 97.3 Å². The first-order chi connectivity index (χ1) is 6.70. The van der Waals surface area contributed by atoms with E-state index in [1.165, 1.54) is 5.56 Å². The van der Waals surface area contributed by atoms with E-state index in [0.717, 1.165) is 24.9 Å². The number of hydrogen-bond acceptors (Lipinski definition) is 2. The molecule has 0 spiro atoms. The number of Topliss-reactive ketones (excluding diaryl/α,β-unsaturated/α-hetero) is 1. The van der Waals surface area contributed by atoms with Crippen molar-refractivity contribution in [2.24, 2.45) is 0 Å². The molecule has 0 bridgehead atoms. The van der Waals surface area contributed by atoms with Crippen LogP contribution in [0.3, 0.4) is 0 Å². The van der Waals surface area contributed by atoms with Gasteiger partial charge in [0.2, 0.25) is 0 Å². The molecule has 1 aromatic carbocycles. The van der Waals surface area contributed by atoms with Gasteiger partial charge in [-0.25, -0.2) is 0 Å². The van der Waals surface area contributed by atoms with Crippen LogP contribution in [0, 0.1) is 0 Å². The van der Waals surface area contributed by atoms with E-state index in [1.54, 1.807) is 6.92 Å². The van der Waals surface area contributed by atoms with Crippen LogP contribution in [-0.2, 0) is 11.2 Å². The zero-order valence-electron chi connectivity index (χ0n) is 9.03. The molecule has 0 aliphatic rings. The van der Waals surface area contributed by atoms with Crippen LogP contribution in [0.25, 0.3) is 0 Å². The summed E-state index contributed by atoms with van der Waals surface area (Å²) in [7, 11) is 0. The Balaban J connectivity index is 0.00000196. The summed E-state index contributed by atoms with van der Waals surface area (Å²) < 4.78 is 0. The molecule has 2 N–H and O–H groups in total. The van der Waals surface area contributed by atoms with Gasteiger partial charge in [-0.1, -0.05) is 18.2 Å². The van der Waals surface area contributed by atoms with Gasteiger partial charge >= 0.3 is 0 Å². The molecule has 15 heavy (non-hydrogen) atoms. The zero-order chi connectivity index (χ0) is 10.4. The van der Waals surface area contributed by atoms with E-state index in [-0.39, 0.29) is 18.2 Å². The van der Waals surface area contributed by atoms with Crippen molar-refractivity contribution in [2.45, 2.75) is 32.6 Å². The van der Waals surface area contributed by atoms with Crippen molar-refractivity contribution >= 4 is 23.9 Å². The Kier molecular flexibility index (Phi) is 6.80. The van der Waals surface area contributed by atoms with Crippen LogP contribution < -0.4 is 5.73 Å². The highest BCUT2D eigenvalue weighted by molar-refractivity contribution is 5.85. The summed E-state index contributed by atoms with van der Waals surface area (Å²) in [5, 5.41) is 0. The lowest BCUT2D eigenvalue weighted by Gasteiger charge is -2.03. The van der Waals surface area contributed by atoms with E-state index in [2.05, 4.69) is 0 Å². The van der Waals surface area contributed by atoms with E-state index < -0.39 is 0 Å². The molecule has 0 atom stereocenters. The molecule has 1 aromatic rings. The van der Waals surface area contributed by atoms with Crippen LogP contribution >= 0.6 is 12.4 Å². The number of para-hydroxylation sites is 1. The van der Waals surface area contributed by atoms with Gasteiger partial charge in [-0.2, -0.15) is 0 Å². The average molecular weight is 228 g/mol. The summed E-state index contributed by atoms with van der Waals surface area (Å²) in [4.78, 5) is 10.7. The summed E-state index contributed by atoms with van der Waals surface area (Å²) in [6, 6.07) is 7.90. The van der Waals surface area contributed by atoms with Gasteiger partial charge in [-0.3, -0.25) is 0 Å². The molecule has 0 unspecified atom stereocenters. The van der Waals surface area contributed by atoms with Crippen LogP contribution in [0.1, 0.15) is 31.7 Å². The van der Waals surface area contributed by atoms with Crippen molar-refractivity contribution < 1.29 is 4.79 Å². The number of benzene rings is 1. The molecule has 0 heterocycles. The Morgan fingerprint density at radius 2 is 1.93 bits per heavy atom. The van der Waals surface area contributed by atoms with E-state index in [9.17, 15) is 4.79 Å². The summed E-state index contributed by atoms with van der Waals surface area (Å²) in [5.74, 6) is 0.269. The van der Waals surface area contributed by atoms with Crippen molar-refractivity contribution in [3.05, 3.63) is 29.8 Å². The second-order valence-corrected chi connectivity index (χ2v) is 3.61. The Bertz CT molecular complexity index is 312. The Morgan fingerprint density at radius 3 is 2.53 bits per heavy atom. The van der Waals surface area contributed by atoms with Crippen LogP contribution in [0.15, 0.2) is 24.3 Å². The van der Waals surface area contributed by atoms with Crippen LogP contribution in [-0.4, -0.2) is 5.78 Å². The number of carbonyl (C=O) groups excluding carboxylic acids is 1. The molecule has 2 nitrogen and oxygen atoms in total. The standard InChI is InChI=1S/C12H17NO.ClH/c1-10(14)6-2-3-7-11-8-4-5-9-12(11)13;/h4-5,8-9H,2-3,6-7,13H2,1H3;1H. The fraction of sp³-hybridized carbons (Fsp3) is 0.417. The number of nitrogens with two attached hydrogens (primary N) is 1. The molecule has 1 rings (SSSR count). The Morgan fingerprint density at radius 1 is 1.27 bits per heavy atom. The summed E-state index contributed by atoms with van der Waals surface area (Å²) in [6.45, 7) is 1.64. The number of rotatable bonds is 5. The molecule has 84 valence electrons. The van der Waals surface area contributed by atoms with Gasteiger partial charge in [0.25, 0.3) is 0 Å². The van der Waals surface area contributed by atoms with Crippen LogP contribution in [0.4, 0.5) is 5.69 Å². The van der Waals surface area contributed by atoms with E-state index in [0.29, 0.717) is 6.42 Å². The lowest BCUT2D eigenvalue weighted by molar-refractivity contribution is -0.117. The Hall–Kier alpha value is -1.02. The minimum Gasteiger partial charge on any atom is -0.399 e. The number of hydrogen-bond donors (Lipinski definition) is 1. The molecule has 0 saturated heterocycles. The second-order valence-electron chi connectivity index (χ2n) is 3.61. The summed E-state index contributed by atoms with van der Waals surface area (Å²) in [5.41, 5.74) is 7.84. The fourth-order valence-electron chi connectivity index (χ4n) is 1.45. The molecule has 0 fully saturated rings. The normalized spacial score (nSPS) is 9.40. The van der Waals surface area contributed by atoms with Gasteiger partial charge in [0.15, 0.2) is 0 Å². The third-order valence-electron chi connectivity index (χ3n) is 2.28. The third kappa shape index (κ3) is 5.43. The van der Waals surface area contributed by atoms with Crippen molar-refractivity contribution in [1.82, 2.24) is 0 Å². The number of anilines is 1.